The number of para-hydroxylation sites is 1. The van der Waals surface area contributed by atoms with Gasteiger partial charge in [0.05, 0.1) is 6.20 Å². The van der Waals surface area contributed by atoms with Gasteiger partial charge < -0.3 is 5.32 Å². The lowest BCUT2D eigenvalue weighted by molar-refractivity contribution is 0.619. The van der Waals surface area contributed by atoms with Crippen LogP contribution in [-0.2, 0) is 0 Å². The molecule has 0 saturated carbocycles. The normalized spacial score (nSPS) is 10.1. The molecular weight excluding hydrogens is 221 g/mol. The van der Waals surface area contributed by atoms with Crippen molar-refractivity contribution in [1.29, 1.82) is 0 Å². The molecule has 0 radical (unpaired) electrons. The average Bonchev–Trinajstić information content (AvgIpc) is 2.35. The highest BCUT2D eigenvalue weighted by Crippen LogP contribution is 2.20. The summed E-state index contributed by atoms with van der Waals surface area (Å²) in [5, 5.41) is 2.89. The minimum atomic E-state index is -0.535. The number of benzene rings is 1. The third-order valence-electron chi connectivity index (χ3n) is 2.27. The van der Waals surface area contributed by atoms with Crippen LogP contribution in [0, 0.1) is 12.7 Å². The molecule has 1 aromatic heterocycles. The van der Waals surface area contributed by atoms with Crippen LogP contribution in [0.3, 0.4) is 0 Å². The fourth-order valence-corrected chi connectivity index (χ4v) is 1.37. The lowest BCUT2D eigenvalue weighted by atomic mass is 10.2. The molecule has 4 N–H and O–H groups in total. The van der Waals surface area contributed by atoms with Crippen LogP contribution in [0.2, 0.25) is 0 Å². The second-order valence-electron chi connectivity index (χ2n) is 3.47. The lowest BCUT2D eigenvalue weighted by Crippen LogP contribution is -2.12. The molecule has 2 aromatic rings. The number of anilines is 3. The van der Waals surface area contributed by atoms with E-state index in [1.807, 2.05) is 31.2 Å². The molecule has 6 heteroatoms. The van der Waals surface area contributed by atoms with Crippen LogP contribution in [0.15, 0.2) is 30.5 Å². The highest BCUT2D eigenvalue weighted by Gasteiger charge is 2.07. The second kappa shape index (κ2) is 4.75. The summed E-state index contributed by atoms with van der Waals surface area (Å²) in [5.74, 6) is 4.87. The van der Waals surface area contributed by atoms with E-state index < -0.39 is 5.82 Å². The van der Waals surface area contributed by atoms with Gasteiger partial charge in [0.15, 0.2) is 11.6 Å². The number of nitrogens with two attached hydrogens (primary N) is 1. The highest BCUT2D eigenvalue weighted by atomic mass is 19.1. The summed E-state index contributed by atoms with van der Waals surface area (Å²) in [5.41, 5.74) is 4.04. The van der Waals surface area contributed by atoms with Crippen LogP contribution >= 0.6 is 0 Å². The Morgan fingerprint density at radius 3 is 2.76 bits per heavy atom. The zero-order valence-corrected chi connectivity index (χ0v) is 9.24. The van der Waals surface area contributed by atoms with Crippen molar-refractivity contribution in [3.8, 4) is 0 Å². The molecule has 0 saturated heterocycles. The van der Waals surface area contributed by atoms with Gasteiger partial charge in [-0.3, -0.25) is 5.43 Å². The van der Waals surface area contributed by atoms with Gasteiger partial charge in [0, 0.05) is 5.69 Å². The molecule has 0 unspecified atom stereocenters. The molecule has 5 nitrogen and oxygen atoms in total. The molecule has 0 spiro atoms. The van der Waals surface area contributed by atoms with Crippen molar-refractivity contribution >= 4 is 17.5 Å². The van der Waals surface area contributed by atoms with E-state index in [1.165, 1.54) is 0 Å². The van der Waals surface area contributed by atoms with Gasteiger partial charge >= 0.3 is 0 Å². The predicted molar refractivity (Wildman–Crippen MR) is 64.3 cm³/mol. The summed E-state index contributed by atoms with van der Waals surface area (Å²) in [7, 11) is 0. The van der Waals surface area contributed by atoms with E-state index in [0.29, 0.717) is 0 Å². The van der Waals surface area contributed by atoms with E-state index in [2.05, 4.69) is 20.7 Å². The molecule has 1 aromatic carbocycles. The zero-order chi connectivity index (χ0) is 12.3. The number of hydrogen-bond acceptors (Lipinski definition) is 5. The number of nitrogen functional groups attached to an aromatic ring is 1. The molecule has 0 amide bonds. The molecule has 0 aliphatic carbocycles. The Morgan fingerprint density at radius 2 is 2.06 bits per heavy atom. The monoisotopic (exact) mass is 233 g/mol. The summed E-state index contributed by atoms with van der Waals surface area (Å²) in [6.07, 6.45) is 1.06. The van der Waals surface area contributed by atoms with Crippen LogP contribution in [0.1, 0.15) is 5.56 Å². The first-order valence-corrected chi connectivity index (χ1v) is 5.02. The molecule has 88 valence electrons. The van der Waals surface area contributed by atoms with Crippen molar-refractivity contribution in [2.45, 2.75) is 6.92 Å². The first-order chi connectivity index (χ1) is 8.20. The maximum atomic E-state index is 13.5. The van der Waals surface area contributed by atoms with Crippen molar-refractivity contribution in [3.05, 3.63) is 41.8 Å². The maximum Gasteiger partial charge on any atom is 0.239 e. The SMILES string of the molecule is Cc1ccccc1Nc1nc(NN)ncc1F. The molecule has 0 fully saturated rings. The Morgan fingerprint density at radius 1 is 1.29 bits per heavy atom. The quantitative estimate of drug-likeness (QED) is 0.558. The van der Waals surface area contributed by atoms with Crippen molar-refractivity contribution < 1.29 is 4.39 Å². The van der Waals surface area contributed by atoms with E-state index in [-0.39, 0.29) is 11.8 Å². The van der Waals surface area contributed by atoms with Crippen molar-refractivity contribution in [1.82, 2.24) is 9.97 Å². The summed E-state index contributed by atoms with van der Waals surface area (Å²) < 4.78 is 13.5. The van der Waals surface area contributed by atoms with E-state index in [9.17, 15) is 4.39 Å². The Balaban J connectivity index is 2.32. The first kappa shape index (κ1) is 11.3. The number of nitrogens with zero attached hydrogens (tertiary/aromatic N) is 2. The van der Waals surface area contributed by atoms with Gasteiger partial charge in [-0.15, -0.1) is 0 Å². The van der Waals surface area contributed by atoms with Crippen LogP contribution in [0.5, 0.6) is 0 Å². The molecule has 0 bridgehead atoms. The van der Waals surface area contributed by atoms with Gasteiger partial charge in [0.1, 0.15) is 0 Å². The Kier molecular flexibility index (Phi) is 3.15. The van der Waals surface area contributed by atoms with Crippen molar-refractivity contribution in [3.63, 3.8) is 0 Å². The van der Waals surface area contributed by atoms with Gasteiger partial charge in [0.25, 0.3) is 0 Å². The number of halogens is 1. The predicted octanol–water partition coefficient (Wildman–Crippen LogP) is 1.95. The summed E-state index contributed by atoms with van der Waals surface area (Å²) >= 11 is 0. The summed E-state index contributed by atoms with van der Waals surface area (Å²) in [4.78, 5) is 7.55. The van der Waals surface area contributed by atoms with E-state index in [0.717, 1.165) is 17.4 Å². The average molecular weight is 233 g/mol. The van der Waals surface area contributed by atoms with Crippen LogP contribution < -0.4 is 16.6 Å². The molecule has 2 rings (SSSR count). The van der Waals surface area contributed by atoms with Crippen molar-refractivity contribution in [2.75, 3.05) is 10.7 Å². The second-order valence-corrected chi connectivity index (χ2v) is 3.47. The van der Waals surface area contributed by atoms with Crippen LogP contribution in [-0.4, -0.2) is 9.97 Å². The largest absolute Gasteiger partial charge is 0.337 e. The number of hydrogen-bond donors (Lipinski definition) is 3. The summed E-state index contributed by atoms with van der Waals surface area (Å²) in [6, 6.07) is 7.52. The van der Waals surface area contributed by atoms with E-state index in [4.69, 9.17) is 5.84 Å². The van der Waals surface area contributed by atoms with Gasteiger partial charge in [-0.1, -0.05) is 18.2 Å². The molecule has 1 heterocycles. The van der Waals surface area contributed by atoms with Gasteiger partial charge in [-0.05, 0) is 18.6 Å². The number of hydrazine groups is 1. The van der Waals surface area contributed by atoms with E-state index >= 15 is 0 Å². The number of aryl methyl sites for hydroxylation is 1. The smallest absolute Gasteiger partial charge is 0.239 e. The Bertz CT molecular complexity index is 529. The number of aromatic nitrogens is 2. The van der Waals surface area contributed by atoms with Crippen LogP contribution in [0.25, 0.3) is 0 Å². The molecule has 0 atom stereocenters. The third-order valence-corrected chi connectivity index (χ3v) is 2.27. The van der Waals surface area contributed by atoms with Gasteiger partial charge in [0.2, 0.25) is 5.95 Å². The molecule has 17 heavy (non-hydrogen) atoms. The lowest BCUT2D eigenvalue weighted by Gasteiger charge is -2.09. The summed E-state index contributed by atoms with van der Waals surface area (Å²) in [6.45, 7) is 1.92. The molecule has 0 aliphatic rings. The zero-order valence-electron chi connectivity index (χ0n) is 9.24. The minimum absolute atomic E-state index is 0.0854. The fraction of sp³-hybridized carbons (Fsp3) is 0.0909. The molecular formula is C11H12FN5. The maximum absolute atomic E-state index is 13.5. The van der Waals surface area contributed by atoms with Gasteiger partial charge in [-0.25, -0.2) is 15.2 Å². The molecule has 0 aliphatic heterocycles. The number of nitrogens with one attached hydrogen (secondary N) is 2. The standard InChI is InChI=1S/C11H12FN5/c1-7-4-2-3-5-9(7)15-10-8(12)6-14-11(16-10)17-13/h2-6H,13H2,1H3,(H2,14,15,16,17). The van der Waals surface area contributed by atoms with Gasteiger partial charge in [-0.2, -0.15) is 4.98 Å². The highest BCUT2D eigenvalue weighted by molar-refractivity contribution is 5.60. The Labute approximate surface area is 97.9 Å². The third kappa shape index (κ3) is 2.48. The van der Waals surface area contributed by atoms with Crippen molar-refractivity contribution in [2.24, 2.45) is 5.84 Å². The minimum Gasteiger partial charge on any atom is -0.337 e. The first-order valence-electron chi connectivity index (χ1n) is 5.02. The van der Waals surface area contributed by atoms with E-state index in [1.54, 1.807) is 0 Å². The topological polar surface area (TPSA) is 75.9 Å². The number of rotatable bonds is 3. The fourth-order valence-electron chi connectivity index (χ4n) is 1.37. The van der Waals surface area contributed by atoms with Crippen LogP contribution in [0.4, 0.5) is 21.8 Å². The Hall–Kier alpha value is -2.21.